The number of carbonyl (C=O) groups is 2. The first-order valence-electron chi connectivity index (χ1n) is 9.06. The summed E-state index contributed by atoms with van der Waals surface area (Å²) >= 11 is 1.17. The number of thioether (sulfide) groups is 1. The molecule has 1 heterocycles. The van der Waals surface area contributed by atoms with Gasteiger partial charge in [0.2, 0.25) is 11.1 Å². The Bertz CT molecular complexity index is 1020. The number of nitrogens with zero attached hydrogens (tertiary/aromatic N) is 3. The van der Waals surface area contributed by atoms with E-state index in [9.17, 15) is 9.59 Å². The van der Waals surface area contributed by atoms with E-state index >= 15 is 0 Å². The zero-order chi connectivity index (χ0) is 21.5. The van der Waals surface area contributed by atoms with Gasteiger partial charge in [0.1, 0.15) is 5.75 Å². The molecule has 3 aromatic rings. The number of aromatic nitrogens is 3. The lowest BCUT2D eigenvalue weighted by Gasteiger charge is -2.07. The first-order chi connectivity index (χ1) is 14.5. The molecule has 3 rings (SSSR count). The zero-order valence-corrected chi connectivity index (χ0v) is 17.3. The normalized spacial score (nSPS) is 10.5. The standard InChI is InChI=1S/C20H21N5O4S/c1-3-29-19(27)14-4-8-15(9-5-14)22-17(26)12-30-20-24-23-18(25(20)21)13-6-10-16(28-2)11-7-13/h4-11H,3,12,21H2,1-2H3,(H,22,26). The number of anilines is 1. The minimum absolute atomic E-state index is 0.0948. The van der Waals surface area contributed by atoms with Crippen LogP contribution in [0.5, 0.6) is 5.75 Å². The predicted molar refractivity (Wildman–Crippen MR) is 114 cm³/mol. The van der Waals surface area contributed by atoms with Crippen LogP contribution < -0.4 is 15.9 Å². The molecular formula is C20H21N5O4S. The van der Waals surface area contributed by atoms with Crippen LogP contribution in [0.4, 0.5) is 5.69 Å². The number of ether oxygens (including phenoxy) is 2. The molecule has 0 aliphatic rings. The lowest BCUT2D eigenvalue weighted by Crippen LogP contribution is -2.16. The molecule has 0 fully saturated rings. The summed E-state index contributed by atoms with van der Waals surface area (Å²) in [6, 6.07) is 13.7. The van der Waals surface area contributed by atoms with Crippen LogP contribution in [0.25, 0.3) is 11.4 Å². The molecule has 156 valence electrons. The lowest BCUT2D eigenvalue weighted by molar-refractivity contribution is -0.113. The van der Waals surface area contributed by atoms with Gasteiger partial charge in [-0.15, -0.1) is 10.2 Å². The molecule has 0 spiro atoms. The van der Waals surface area contributed by atoms with Gasteiger partial charge in [-0.05, 0) is 55.5 Å². The molecule has 9 nitrogen and oxygen atoms in total. The SMILES string of the molecule is CCOC(=O)c1ccc(NC(=O)CSc2nnc(-c3ccc(OC)cc3)n2N)cc1. The van der Waals surface area contributed by atoms with Crippen molar-refractivity contribution in [3.63, 3.8) is 0 Å². The molecule has 0 aliphatic carbocycles. The molecule has 0 unspecified atom stereocenters. The molecule has 0 saturated heterocycles. The summed E-state index contributed by atoms with van der Waals surface area (Å²) in [6.07, 6.45) is 0. The highest BCUT2D eigenvalue weighted by molar-refractivity contribution is 7.99. The molecule has 0 aliphatic heterocycles. The average Bonchev–Trinajstić information content (AvgIpc) is 3.13. The summed E-state index contributed by atoms with van der Waals surface area (Å²) in [6.45, 7) is 2.05. The third kappa shape index (κ3) is 5.09. The summed E-state index contributed by atoms with van der Waals surface area (Å²) < 4.78 is 11.4. The molecule has 1 amide bonds. The number of hydrogen-bond donors (Lipinski definition) is 2. The van der Waals surface area contributed by atoms with Crippen molar-refractivity contribution < 1.29 is 19.1 Å². The van der Waals surface area contributed by atoms with Crippen LogP contribution in [-0.4, -0.2) is 46.2 Å². The van der Waals surface area contributed by atoms with Gasteiger partial charge in [0.05, 0.1) is 25.0 Å². The molecule has 10 heteroatoms. The van der Waals surface area contributed by atoms with Crippen LogP contribution in [0.1, 0.15) is 17.3 Å². The fourth-order valence-corrected chi connectivity index (χ4v) is 3.20. The number of nitrogens with two attached hydrogens (primary N) is 1. The number of amides is 1. The summed E-state index contributed by atoms with van der Waals surface area (Å²) in [7, 11) is 1.59. The van der Waals surface area contributed by atoms with E-state index in [0.717, 1.165) is 11.3 Å². The predicted octanol–water partition coefficient (Wildman–Crippen LogP) is 2.58. The summed E-state index contributed by atoms with van der Waals surface area (Å²) in [5.74, 6) is 6.74. The van der Waals surface area contributed by atoms with Crippen LogP contribution in [0.15, 0.2) is 53.7 Å². The van der Waals surface area contributed by atoms with Gasteiger partial charge in [0.15, 0.2) is 5.82 Å². The van der Waals surface area contributed by atoms with Crippen LogP contribution in [0.2, 0.25) is 0 Å². The number of hydrogen-bond acceptors (Lipinski definition) is 8. The van der Waals surface area contributed by atoms with Gasteiger partial charge in [0.25, 0.3) is 0 Å². The van der Waals surface area contributed by atoms with E-state index in [1.165, 1.54) is 16.4 Å². The molecule has 3 N–H and O–H groups in total. The Kier molecular flexibility index (Phi) is 6.91. The molecule has 0 saturated carbocycles. The third-order valence-electron chi connectivity index (χ3n) is 4.02. The second-order valence-electron chi connectivity index (χ2n) is 6.04. The summed E-state index contributed by atoms with van der Waals surface area (Å²) in [5, 5.41) is 11.3. The van der Waals surface area contributed by atoms with Crippen molar-refractivity contribution in [3.05, 3.63) is 54.1 Å². The zero-order valence-electron chi connectivity index (χ0n) is 16.5. The maximum atomic E-state index is 12.2. The van der Waals surface area contributed by atoms with Gasteiger partial charge in [-0.2, -0.15) is 0 Å². The van der Waals surface area contributed by atoms with Crippen molar-refractivity contribution in [3.8, 4) is 17.1 Å². The molecule has 1 aromatic heterocycles. The van der Waals surface area contributed by atoms with Crippen LogP contribution in [-0.2, 0) is 9.53 Å². The Balaban J connectivity index is 1.57. The van der Waals surface area contributed by atoms with E-state index in [-0.39, 0.29) is 11.7 Å². The highest BCUT2D eigenvalue weighted by atomic mass is 32.2. The molecule has 0 atom stereocenters. The number of benzene rings is 2. The topological polar surface area (TPSA) is 121 Å². The number of carbonyl (C=O) groups excluding carboxylic acids is 2. The summed E-state index contributed by atoms with van der Waals surface area (Å²) in [5.41, 5.74) is 1.78. The quantitative estimate of drug-likeness (QED) is 0.320. The Hall–Kier alpha value is -3.53. The minimum atomic E-state index is -0.402. The highest BCUT2D eigenvalue weighted by Crippen LogP contribution is 2.23. The minimum Gasteiger partial charge on any atom is -0.497 e. The van der Waals surface area contributed by atoms with Crippen molar-refractivity contribution in [2.24, 2.45) is 0 Å². The molecule has 0 radical (unpaired) electrons. The average molecular weight is 427 g/mol. The maximum absolute atomic E-state index is 12.2. The van der Waals surface area contributed by atoms with Gasteiger partial charge >= 0.3 is 5.97 Å². The number of esters is 1. The van der Waals surface area contributed by atoms with Crippen molar-refractivity contribution >= 4 is 29.3 Å². The second kappa shape index (κ2) is 9.79. The van der Waals surface area contributed by atoms with Crippen molar-refractivity contribution in [1.82, 2.24) is 14.9 Å². The second-order valence-corrected chi connectivity index (χ2v) is 6.98. The van der Waals surface area contributed by atoms with E-state index in [0.29, 0.717) is 28.8 Å². The molecule has 30 heavy (non-hydrogen) atoms. The number of rotatable bonds is 8. The van der Waals surface area contributed by atoms with Crippen molar-refractivity contribution in [2.45, 2.75) is 12.1 Å². The van der Waals surface area contributed by atoms with E-state index in [1.54, 1.807) is 50.4 Å². The molecule has 0 bridgehead atoms. The third-order valence-corrected chi connectivity index (χ3v) is 4.97. The Labute approximate surface area is 177 Å². The molecular weight excluding hydrogens is 406 g/mol. The van der Waals surface area contributed by atoms with Gasteiger partial charge < -0.3 is 20.6 Å². The van der Waals surface area contributed by atoms with Crippen LogP contribution in [0.3, 0.4) is 0 Å². The number of methoxy groups -OCH3 is 1. The van der Waals surface area contributed by atoms with E-state index in [2.05, 4.69) is 15.5 Å². The van der Waals surface area contributed by atoms with E-state index in [1.807, 2.05) is 12.1 Å². The fraction of sp³-hybridized carbons (Fsp3) is 0.200. The van der Waals surface area contributed by atoms with Crippen molar-refractivity contribution in [2.75, 3.05) is 30.6 Å². The van der Waals surface area contributed by atoms with Crippen LogP contribution >= 0.6 is 11.8 Å². The lowest BCUT2D eigenvalue weighted by atomic mass is 10.2. The van der Waals surface area contributed by atoms with Gasteiger partial charge in [0, 0.05) is 11.3 Å². The fourth-order valence-electron chi connectivity index (χ4n) is 2.54. The number of nitrogen functional groups attached to an aromatic ring is 1. The van der Waals surface area contributed by atoms with Gasteiger partial charge in [-0.1, -0.05) is 11.8 Å². The Morgan fingerprint density at radius 3 is 2.43 bits per heavy atom. The van der Waals surface area contributed by atoms with Gasteiger partial charge in [-0.3, -0.25) is 4.79 Å². The first kappa shape index (κ1) is 21.2. The van der Waals surface area contributed by atoms with Crippen LogP contribution in [0, 0.1) is 0 Å². The first-order valence-corrected chi connectivity index (χ1v) is 10.0. The highest BCUT2D eigenvalue weighted by Gasteiger charge is 2.14. The van der Waals surface area contributed by atoms with Crippen molar-refractivity contribution in [1.29, 1.82) is 0 Å². The number of nitrogens with one attached hydrogen (secondary N) is 1. The smallest absolute Gasteiger partial charge is 0.338 e. The van der Waals surface area contributed by atoms with E-state index in [4.69, 9.17) is 15.3 Å². The Morgan fingerprint density at radius 1 is 1.10 bits per heavy atom. The maximum Gasteiger partial charge on any atom is 0.338 e. The largest absolute Gasteiger partial charge is 0.497 e. The van der Waals surface area contributed by atoms with Gasteiger partial charge in [-0.25, -0.2) is 9.47 Å². The monoisotopic (exact) mass is 427 g/mol. The summed E-state index contributed by atoms with van der Waals surface area (Å²) in [4.78, 5) is 23.9. The molecule has 2 aromatic carbocycles. The Morgan fingerprint density at radius 2 is 1.80 bits per heavy atom. The van der Waals surface area contributed by atoms with E-state index < -0.39 is 5.97 Å².